The second-order valence-corrected chi connectivity index (χ2v) is 6.68. The van der Waals surface area contributed by atoms with E-state index in [1.807, 2.05) is 32.0 Å². The molecule has 28 heavy (non-hydrogen) atoms. The fraction of sp³-hybridized carbons (Fsp3) is 0.227. The first kappa shape index (κ1) is 19.2. The Hall–Kier alpha value is -3.59. The Labute approximate surface area is 162 Å². The number of hydrogen-bond donors (Lipinski definition) is 1. The van der Waals surface area contributed by atoms with Crippen molar-refractivity contribution in [2.75, 3.05) is 5.32 Å². The van der Waals surface area contributed by atoms with Crippen molar-refractivity contribution in [2.24, 2.45) is 0 Å². The maximum atomic E-state index is 12.3. The van der Waals surface area contributed by atoms with E-state index in [1.54, 1.807) is 30.5 Å². The summed E-state index contributed by atoms with van der Waals surface area (Å²) in [6, 6.07) is 12.4. The number of anilines is 1. The van der Waals surface area contributed by atoms with Crippen molar-refractivity contribution in [3.63, 3.8) is 0 Å². The molecule has 6 nitrogen and oxygen atoms in total. The highest BCUT2D eigenvalue weighted by molar-refractivity contribution is 5.95. The molecular formula is C22H20N2O4. The molecule has 0 spiro atoms. The molecule has 0 bridgehead atoms. The summed E-state index contributed by atoms with van der Waals surface area (Å²) in [5.41, 5.74) is 4.56. The summed E-state index contributed by atoms with van der Waals surface area (Å²) in [5, 5.41) is 12.4. The first-order chi connectivity index (χ1) is 13.4. The molecule has 3 aromatic rings. The molecule has 0 unspecified atom stereocenters. The second kappa shape index (κ2) is 7.97. The summed E-state index contributed by atoms with van der Waals surface area (Å²) in [6.45, 7) is 5.50. The van der Waals surface area contributed by atoms with Gasteiger partial charge < -0.3 is 14.5 Å². The maximum absolute atomic E-state index is 12.3. The number of ether oxygens (including phenoxy) is 1. The van der Waals surface area contributed by atoms with Crippen LogP contribution >= 0.6 is 0 Å². The fourth-order valence-corrected chi connectivity index (χ4v) is 2.83. The third-order valence-corrected chi connectivity index (χ3v) is 4.54. The first-order valence-electron chi connectivity index (χ1n) is 8.85. The lowest BCUT2D eigenvalue weighted by Gasteiger charge is -2.13. The van der Waals surface area contributed by atoms with Crippen LogP contribution in [0.1, 0.15) is 29.2 Å². The Balaban J connectivity index is 1.63. The number of carbonyl (C=O) groups excluding carboxylic acids is 2. The molecule has 6 heteroatoms. The van der Waals surface area contributed by atoms with Gasteiger partial charge in [0.05, 0.1) is 24.3 Å². The van der Waals surface area contributed by atoms with Crippen LogP contribution in [0.3, 0.4) is 0 Å². The molecule has 142 valence electrons. The van der Waals surface area contributed by atoms with Crippen molar-refractivity contribution in [3.05, 3.63) is 64.9 Å². The topological polar surface area (TPSA) is 92.3 Å². The fourth-order valence-electron chi connectivity index (χ4n) is 2.83. The van der Waals surface area contributed by atoms with Gasteiger partial charge in [-0.3, -0.25) is 9.59 Å². The Bertz CT molecular complexity index is 1090. The van der Waals surface area contributed by atoms with Gasteiger partial charge in [-0.2, -0.15) is 5.26 Å². The largest absolute Gasteiger partial charge is 0.464 e. The van der Waals surface area contributed by atoms with Crippen LogP contribution in [-0.2, 0) is 20.7 Å². The summed E-state index contributed by atoms with van der Waals surface area (Å²) in [5.74, 6) is -0.985. The molecule has 1 heterocycles. The Morgan fingerprint density at radius 3 is 2.71 bits per heavy atom. The van der Waals surface area contributed by atoms with Crippen LogP contribution in [0, 0.1) is 25.2 Å². The third-order valence-electron chi connectivity index (χ3n) is 4.54. The molecule has 1 amide bonds. The summed E-state index contributed by atoms with van der Waals surface area (Å²) in [6.07, 6.45) is 0.584. The van der Waals surface area contributed by atoms with E-state index in [-0.39, 0.29) is 6.42 Å². The van der Waals surface area contributed by atoms with Gasteiger partial charge in [0.15, 0.2) is 6.10 Å². The zero-order valence-corrected chi connectivity index (χ0v) is 15.9. The number of nitrogens with zero attached hydrogens (tertiary/aromatic N) is 1. The molecule has 0 aliphatic rings. The second-order valence-electron chi connectivity index (χ2n) is 6.68. The Kier molecular flexibility index (Phi) is 5.46. The van der Waals surface area contributed by atoms with Crippen molar-refractivity contribution in [2.45, 2.75) is 33.3 Å². The van der Waals surface area contributed by atoms with Crippen LogP contribution < -0.4 is 5.32 Å². The van der Waals surface area contributed by atoms with Gasteiger partial charge in [0.2, 0.25) is 0 Å². The van der Waals surface area contributed by atoms with E-state index in [4.69, 9.17) is 14.4 Å². The molecule has 0 saturated heterocycles. The Morgan fingerprint density at radius 1 is 1.21 bits per heavy atom. The number of nitrogens with one attached hydrogen (secondary N) is 1. The number of esters is 1. The van der Waals surface area contributed by atoms with E-state index in [1.165, 1.54) is 6.92 Å². The van der Waals surface area contributed by atoms with Crippen molar-refractivity contribution < 1.29 is 18.7 Å². The molecule has 2 aromatic carbocycles. The maximum Gasteiger partial charge on any atom is 0.311 e. The molecule has 0 saturated carbocycles. The van der Waals surface area contributed by atoms with Gasteiger partial charge >= 0.3 is 5.97 Å². The van der Waals surface area contributed by atoms with E-state index >= 15 is 0 Å². The minimum absolute atomic E-state index is 0.0110. The number of rotatable bonds is 5. The SMILES string of the molecule is Cc1cc2occ(CC(=O)O[C@H](C)C(=O)Nc3cccc(C#N)c3)c2cc1C. The van der Waals surface area contributed by atoms with Gasteiger partial charge in [0, 0.05) is 16.6 Å². The Morgan fingerprint density at radius 2 is 1.96 bits per heavy atom. The molecule has 1 atom stereocenters. The summed E-state index contributed by atoms with van der Waals surface area (Å²) in [7, 11) is 0. The van der Waals surface area contributed by atoms with Gasteiger partial charge in [-0.05, 0) is 62.2 Å². The summed E-state index contributed by atoms with van der Waals surface area (Å²) >= 11 is 0. The van der Waals surface area contributed by atoms with Crippen molar-refractivity contribution >= 4 is 28.5 Å². The average molecular weight is 376 g/mol. The standard InChI is InChI=1S/C22H20N2O4/c1-13-7-19-17(12-27-20(19)8-14(13)2)10-21(25)28-15(3)22(26)24-18-6-4-5-16(9-18)11-23/h4-9,12,15H,10H2,1-3H3,(H,24,26)/t15-/m1/s1. The van der Waals surface area contributed by atoms with Gasteiger partial charge in [0.25, 0.3) is 5.91 Å². The third kappa shape index (κ3) is 4.21. The first-order valence-corrected chi connectivity index (χ1v) is 8.85. The molecule has 1 N–H and O–H groups in total. The highest BCUT2D eigenvalue weighted by atomic mass is 16.5. The van der Waals surface area contributed by atoms with E-state index in [0.29, 0.717) is 16.8 Å². The zero-order valence-electron chi connectivity index (χ0n) is 15.9. The number of aryl methyl sites for hydroxylation is 2. The molecule has 0 fully saturated rings. The van der Waals surface area contributed by atoms with E-state index < -0.39 is 18.0 Å². The minimum atomic E-state index is -0.972. The van der Waals surface area contributed by atoms with Crippen LogP contribution in [-0.4, -0.2) is 18.0 Å². The summed E-state index contributed by atoms with van der Waals surface area (Å²) in [4.78, 5) is 24.5. The van der Waals surface area contributed by atoms with E-state index in [2.05, 4.69) is 5.32 Å². The lowest BCUT2D eigenvalue weighted by molar-refractivity contribution is -0.152. The molecule has 0 aliphatic carbocycles. The van der Waals surface area contributed by atoms with Crippen LogP contribution in [0.25, 0.3) is 11.0 Å². The van der Waals surface area contributed by atoms with Gasteiger partial charge in [0.1, 0.15) is 5.58 Å². The lowest BCUT2D eigenvalue weighted by Crippen LogP contribution is -2.30. The predicted molar refractivity (Wildman–Crippen MR) is 105 cm³/mol. The number of hydrogen-bond acceptors (Lipinski definition) is 5. The number of nitriles is 1. The molecule has 3 rings (SSSR count). The quantitative estimate of drug-likeness (QED) is 0.679. The van der Waals surface area contributed by atoms with Crippen LogP contribution in [0.5, 0.6) is 0 Å². The van der Waals surface area contributed by atoms with Crippen LogP contribution in [0.15, 0.2) is 47.1 Å². The highest BCUT2D eigenvalue weighted by Crippen LogP contribution is 2.25. The van der Waals surface area contributed by atoms with Crippen LogP contribution in [0.2, 0.25) is 0 Å². The zero-order chi connectivity index (χ0) is 20.3. The number of fused-ring (bicyclic) bond motifs is 1. The van der Waals surface area contributed by atoms with Gasteiger partial charge in [-0.15, -0.1) is 0 Å². The predicted octanol–water partition coefficient (Wildman–Crippen LogP) is 4.03. The normalized spacial score (nSPS) is 11.6. The number of amides is 1. The van der Waals surface area contributed by atoms with Crippen molar-refractivity contribution in [1.82, 2.24) is 0 Å². The highest BCUT2D eigenvalue weighted by Gasteiger charge is 2.20. The minimum Gasteiger partial charge on any atom is -0.464 e. The molecule has 1 aromatic heterocycles. The lowest BCUT2D eigenvalue weighted by atomic mass is 10.0. The van der Waals surface area contributed by atoms with E-state index in [9.17, 15) is 9.59 Å². The van der Waals surface area contributed by atoms with Gasteiger partial charge in [-0.25, -0.2) is 0 Å². The van der Waals surface area contributed by atoms with Crippen molar-refractivity contribution in [3.8, 4) is 6.07 Å². The number of benzene rings is 2. The number of furan rings is 1. The van der Waals surface area contributed by atoms with Gasteiger partial charge in [-0.1, -0.05) is 6.07 Å². The van der Waals surface area contributed by atoms with Crippen molar-refractivity contribution in [1.29, 1.82) is 5.26 Å². The summed E-state index contributed by atoms with van der Waals surface area (Å²) < 4.78 is 10.8. The van der Waals surface area contributed by atoms with Crippen LogP contribution in [0.4, 0.5) is 5.69 Å². The monoisotopic (exact) mass is 376 g/mol. The smallest absolute Gasteiger partial charge is 0.311 e. The molecule has 0 radical (unpaired) electrons. The average Bonchev–Trinajstić information content (AvgIpc) is 3.03. The molecule has 0 aliphatic heterocycles. The molecular weight excluding hydrogens is 356 g/mol. The number of carbonyl (C=O) groups is 2. The van der Waals surface area contributed by atoms with E-state index in [0.717, 1.165) is 22.1 Å².